The van der Waals surface area contributed by atoms with Crippen LogP contribution in [0.15, 0.2) is 60.7 Å². The molecule has 0 N–H and O–H groups in total. The summed E-state index contributed by atoms with van der Waals surface area (Å²) >= 11 is 0. The second-order valence-electron chi connectivity index (χ2n) is 7.15. The molecule has 2 aromatic rings. The summed E-state index contributed by atoms with van der Waals surface area (Å²) in [6.45, 7) is 1.99. The van der Waals surface area contributed by atoms with Crippen molar-refractivity contribution in [2.24, 2.45) is 5.92 Å². The largest absolute Gasteiger partial charge is 0.462 e. The van der Waals surface area contributed by atoms with Crippen molar-refractivity contribution in [1.29, 1.82) is 0 Å². The van der Waals surface area contributed by atoms with Crippen molar-refractivity contribution in [2.45, 2.75) is 37.7 Å². The molecule has 5 heteroatoms. The highest BCUT2D eigenvalue weighted by Gasteiger charge is 2.60. The van der Waals surface area contributed by atoms with Gasteiger partial charge in [-0.05, 0) is 18.1 Å². The number of rotatable bonds is 4. The maximum Gasteiger partial charge on any atom is 0.313 e. The summed E-state index contributed by atoms with van der Waals surface area (Å²) in [7, 11) is 0. The van der Waals surface area contributed by atoms with E-state index in [2.05, 4.69) is 0 Å². The topological polar surface area (TPSA) is 38.8 Å². The average Bonchev–Trinajstić information content (AvgIpc) is 2.98. The fourth-order valence-electron chi connectivity index (χ4n) is 4.04. The predicted molar refractivity (Wildman–Crippen MR) is 94.8 cm³/mol. The van der Waals surface area contributed by atoms with Crippen molar-refractivity contribution < 1.29 is 18.8 Å². The van der Waals surface area contributed by atoms with Gasteiger partial charge in [-0.15, -0.1) is 0 Å². The highest BCUT2D eigenvalue weighted by Crippen LogP contribution is 2.43. The maximum atomic E-state index is 16.1. The van der Waals surface area contributed by atoms with E-state index in [0.29, 0.717) is 6.54 Å². The molecule has 0 spiro atoms. The van der Waals surface area contributed by atoms with E-state index in [-0.39, 0.29) is 19.0 Å². The highest BCUT2D eigenvalue weighted by atomic mass is 19.1. The van der Waals surface area contributed by atoms with Crippen molar-refractivity contribution >= 4 is 5.97 Å². The second kappa shape index (κ2) is 6.82. The molecule has 4 rings (SSSR count). The SMILES string of the molecule is C[C@H]1ON(Cc2ccccc2)[C@H]2[C@@H]1C(=O)OC[C@]2(F)Cc1ccccc1. The Labute approximate surface area is 152 Å². The molecule has 0 aliphatic carbocycles. The van der Waals surface area contributed by atoms with Crippen LogP contribution in [0.1, 0.15) is 18.1 Å². The lowest BCUT2D eigenvalue weighted by atomic mass is 9.78. The van der Waals surface area contributed by atoms with Gasteiger partial charge in [0, 0.05) is 13.0 Å². The monoisotopic (exact) mass is 355 g/mol. The lowest BCUT2D eigenvalue weighted by Crippen LogP contribution is -2.59. The summed E-state index contributed by atoms with van der Waals surface area (Å²) in [6.07, 6.45) is -0.230. The average molecular weight is 355 g/mol. The van der Waals surface area contributed by atoms with Gasteiger partial charge >= 0.3 is 5.97 Å². The van der Waals surface area contributed by atoms with Crippen LogP contribution in [0, 0.1) is 5.92 Å². The fourth-order valence-corrected chi connectivity index (χ4v) is 4.04. The molecule has 0 radical (unpaired) electrons. The molecule has 2 aliphatic rings. The number of hydrogen-bond acceptors (Lipinski definition) is 4. The number of carbonyl (C=O) groups excluding carboxylic acids is 1. The highest BCUT2D eigenvalue weighted by molar-refractivity contribution is 5.75. The third kappa shape index (κ3) is 3.13. The predicted octanol–water partition coefficient (Wildman–Crippen LogP) is 3.31. The molecule has 0 saturated carbocycles. The number of ether oxygens (including phenoxy) is 1. The molecule has 2 aliphatic heterocycles. The summed E-state index contributed by atoms with van der Waals surface area (Å²) in [5.41, 5.74) is 0.201. The van der Waals surface area contributed by atoms with E-state index in [0.717, 1.165) is 11.1 Å². The molecular weight excluding hydrogens is 333 g/mol. The zero-order chi connectivity index (χ0) is 18.1. The Morgan fingerprint density at radius 2 is 1.69 bits per heavy atom. The molecule has 0 aromatic heterocycles. The standard InChI is InChI=1S/C21H22FNO3/c1-15-18-19(23(26-15)13-17-10-6-3-7-11-17)21(22,14-25-20(18)24)12-16-8-4-2-5-9-16/h2-11,15,18-19H,12-14H2,1H3/t15-,18-,19+,21-/m1/s1. The molecule has 26 heavy (non-hydrogen) atoms. The lowest BCUT2D eigenvalue weighted by molar-refractivity contribution is -0.198. The van der Waals surface area contributed by atoms with Gasteiger partial charge < -0.3 is 4.74 Å². The van der Waals surface area contributed by atoms with Gasteiger partial charge in [0.1, 0.15) is 12.5 Å². The number of benzene rings is 2. The Kier molecular flexibility index (Phi) is 4.51. The Morgan fingerprint density at radius 1 is 1.08 bits per heavy atom. The number of cyclic esters (lactones) is 1. The first-order valence-corrected chi connectivity index (χ1v) is 8.94. The van der Waals surface area contributed by atoms with Gasteiger partial charge in [0.05, 0.1) is 12.1 Å². The number of alkyl halides is 1. The number of hydrogen-bond donors (Lipinski definition) is 0. The van der Waals surface area contributed by atoms with Gasteiger partial charge in [0.25, 0.3) is 0 Å². The van der Waals surface area contributed by atoms with Crippen molar-refractivity contribution in [3.63, 3.8) is 0 Å². The van der Waals surface area contributed by atoms with E-state index in [4.69, 9.17) is 9.57 Å². The summed E-state index contributed by atoms with van der Waals surface area (Å²) in [4.78, 5) is 18.2. The molecule has 4 nitrogen and oxygen atoms in total. The van der Waals surface area contributed by atoms with E-state index in [1.165, 1.54) is 0 Å². The molecule has 2 saturated heterocycles. The van der Waals surface area contributed by atoms with Crippen LogP contribution in [-0.4, -0.2) is 35.5 Å². The molecule has 2 heterocycles. The van der Waals surface area contributed by atoms with Gasteiger partial charge in [-0.1, -0.05) is 60.7 Å². The van der Waals surface area contributed by atoms with Crippen LogP contribution in [0.3, 0.4) is 0 Å². The molecule has 2 aromatic carbocycles. The van der Waals surface area contributed by atoms with E-state index >= 15 is 4.39 Å². The molecule has 136 valence electrons. The minimum Gasteiger partial charge on any atom is -0.462 e. The van der Waals surface area contributed by atoms with Crippen LogP contribution in [0.4, 0.5) is 4.39 Å². The first-order valence-electron chi connectivity index (χ1n) is 8.94. The number of hydroxylamine groups is 2. The Bertz CT molecular complexity index is 769. The molecular formula is C21H22FNO3. The van der Waals surface area contributed by atoms with E-state index in [1.807, 2.05) is 60.7 Å². The van der Waals surface area contributed by atoms with Crippen molar-refractivity contribution in [2.75, 3.05) is 6.61 Å². The second-order valence-corrected chi connectivity index (χ2v) is 7.15. The van der Waals surface area contributed by atoms with Crippen molar-refractivity contribution in [1.82, 2.24) is 5.06 Å². The summed E-state index contributed by atoms with van der Waals surface area (Å²) in [6, 6.07) is 18.6. The summed E-state index contributed by atoms with van der Waals surface area (Å²) < 4.78 is 21.3. The van der Waals surface area contributed by atoms with Crippen molar-refractivity contribution in [3.8, 4) is 0 Å². The van der Waals surface area contributed by atoms with Gasteiger partial charge in [-0.2, -0.15) is 5.06 Å². The quantitative estimate of drug-likeness (QED) is 0.789. The third-order valence-corrected chi connectivity index (χ3v) is 5.24. The maximum absolute atomic E-state index is 16.1. The number of carbonyl (C=O) groups is 1. The summed E-state index contributed by atoms with van der Waals surface area (Å²) in [5, 5.41) is 1.65. The van der Waals surface area contributed by atoms with Gasteiger partial charge in [-0.25, -0.2) is 4.39 Å². The zero-order valence-corrected chi connectivity index (χ0v) is 14.7. The lowest BCUT2D eigenvalue weighted by Gasteiger charge is -2.40. The van der Waals surface area contributed by atoms with Crippen LogP contribution in [0.2, 0.25) is 0 Å². The van der Waals surface area contributed by atoms with Crippen LogP contribution in [0.5, 0.6) is 0 Å². The first kappa shape index (κ1) is 17.2. The summed E-state index contributed by atoms with van der Waals surface area (Å²) in [5.74, 6) is -0.999. The number of fused-ring (bicyclic) bond motifs is 1. The zero-order valence-electron chi connectivity index (χ0n) is 14.7. The van der Waals surface area contributed by atoms with Crippen LogP contribution in [0.25, 0.3) is 0 Å². The van der Waals surface area contributed by atoms with Crippen LogP contribution < -0.4 is 0 Å². The molecule has 0 bridgehead atoms. The smallest absolute Gasteiger partial charge is 0.313 e. The van der Waals surface area contributed by atoms with E-state index in [9.17, 15) is 4.79 Å². The molecule has 4 atom stereocenters. The Balaban J connectivity index is 1.65. The van der Waals surface area contributed by atoms with Crippen molar-refractivity contribution in [3.05, 3.63) is 71.8 Å². The number of esters is 1. The normalized spacial score (nSPS) is 31.5. The van der Waals surface area contributed by atoms with Gasteiger partial charge in [-0.3, -0.25) is 9.63 Å². The first-order chi connectivity index (χ1) is 12.6. The number of halogens is 1. The van der Waals surface area contributed by atoms with Gasteiger partial charge in [0.15, 0.2) is 5.67 Å². The minimum atomic E-state index is -1.69. The Morgan fingerprint density at radius 3 is 2.35 bits per heavy atom. The van der Waals surface area contributed by atoms with Crippen LogP contribution >= 0.6 is 0 Å². The van der Waals surface area contributed by atoms with Crippen LogP contribution in [-0.2, 0) is 27.3 Å². The number of nitrogens with zero attached hydrogens (tertiary/aromatic N) is 1. The van der Waals surface area contributed by atoms with E-state index in [1.54, 1.807) is 12.0 Å². The Hall–Kier alpha value is -2.24. The van der Waals surface area contributed by atoms with E-state index < -0.39 is 23.7 Å². The minimum absolute atomic E-state index is 0.184. The molecule has 0 unspecified atom stereocenters. The molecule has 0 amide bonds. The fraction of sp³-hybridized carbons (Fsp3) is 0.381. The third-order valence-electron chi connectivity index (χ3n) is 5.24. The molecule has 2 fully saturated rings. The van der Waals surface area contributed by atoms with Gasteiger partial charge in [0.2, 0.25) is 0 Å².